The molecule has 2 rings (SSSR count). The van der Waals surface area contributed by atoms with Crippen LogP contribution in [0.5, 0.6) is 0 Å². The van der Waals surface area contributed by atoms with E-state index < -0.39 is 43.7 Å². The molecule has 10 heteroatoms. The van der Waals surface area contributed by atoms with Gasteiger partial charge in [-0.2, -0.15) is 0 Å². The van der Waals surface area contributed by atoms with Crippen molar-refractivity contribution >= 4 is 31.1 Å². The molecule has 9 nitrogen and oxygen atoms in total. The van der Waals surface area contributed by atoms with Gasteiger partial charge in [0.1, 0.15) is 0 Å². The van der Waals surface area contributed by atoms with Crippen molar-refractivity contribution in [2.45, 2.75) is 25.1 Å². The number of amides is 2. The van der Waals surface area contributed by atoms with E-state index in [1.807, 2.05) is 0 Å². The monoisotopic (exact) mass is 382 g/mol. The Morgan fingerprint density at radius 1 is 1.19 bits per heavy atom. The zero-order chi connectivity index (χ0) is 19.5. The van der Waals surface area contributed by atoms with E-state index in [-0.39, 0.29) is 0 Å². The summed E-state index contributed by atoms with van der Waals surface area (Å²) in [4.78, 5) is 54.9. The van der Waals surface area contributed by atoms with Crippen molar-refractivity contribution in [3.8, 4) is 0 Å². The van der Waals surface area contributed by atoms with Gasteiger partial charge >= 0.3 is 13.6 Å². The molecule has 0 saturated heterocycles. The summed E-state index contributed by atoms with van der Waals surface area (Å²) < 4.78 is 16.1. The molecule has 1 aromatic rings. The minimum absolute atomic E-state index is 0.319. The lowest BCUT2D eigenvalue weighted by molar-refractivity contribution is -0.147. The van der Waals surface area contributed by atoms with Gasteiger partial charge in [0.15, 0.2) is 0 Å². The number of hydrogen-bond donors (Lipinski definition) is 3. The van der Waals surface area contributed by atoms with E-state index in [0.29, 0.717) is 17.7 Å². The van der Waals surface area contributed by atoms with Crippen LogP contribution in [0.4, 0.5) is 5.69 Å². The van der Waals surface area contributed by atoms with E-state index in [2.05, 4.69) is 0 Å². The van der Waals surface area contributed by atoms with E-state index in [1.54, 1.807) is 19.1 Å². The standard InChI is InChI=1S/C16H19N2O7P/c1-2-12(16(21)25-15(9-17)26(22,23)24)10-3-5-11(6-4-10)18-13(19)7-8-14(18)20/h3-8,12,15H,2,9,17H2,1H3,(H2,22,23,24). The molecule has 0 radical (unpaired) electrons. The Bertz CT molecular complexity index is 766. The normalized spacial score (nSPS) is 16.7. The molecule has 140 valence electrons. The van der Waals surface area contributed by atoms with Crippen LogP contribution in [0.25, 0.3) is 0 Å². The SMILES string of the molecule is CCC(C(=O)OC(CN)P(=O)(O)O)c1ccc(N2C(=O)C=CC2=O)cc1. The molecule has 2 amide bonds. The largest absolute Gasteiger partial charge is 0.448 e. The van der Waals surface area contributed by atoms with Gasteiger partial charge in [0, 0.05) is 18.7 Å². The van der Waals surface area contributed by atoms with Crippen molar-refractivity contribution in [3.63, 3.8) is 0 Å². The molecule has 26 heavy (non-hydrogen) atoms. The van der Waals surface area contributed by atoms with Crippen molar-refractivity contribution in [2.75, 3.05) is 11.4 Å². The number of carbonyl (C=O) groups is 3. The molecule has 0 saturated carbocycles. The molecule has 2 unspecified atom stereocenters. The lowest BCUT2D eigenvalue weighted by atomic mass is 9.96. The zero-order valence-electron chi connectivity index (χ0n) is 13.9. The molecule has 0 aliphatic carbocycles. The Kier molecular flexibility index (Phi) is 6.09. The fourth-order valence-corrected chi connectivity index (χ4v) is 3.04. The average Bonchev–Trinajstić information content (AvgIpc) is 2.91. The second kappa shape index (κ2) is 7.92. The van der Waals surface area contributed by atoms with Gasteiger partial charge < -0.3 is 20.3 Å². The number of ether oxygens (including phenoxy) is 1. The molecule has 1 aliphatic heterocycles. The predicted molar refractivity (Wildman–Crippen MR) is 92.1 cm³/mol. The molecule has 0 bridgehead atoms. The maximum absolute atomic E-state index is 12.3. The van der Waals surface area contributed by atoms with Gasteiger partial charge in [0.25, 0.3) is 11.8 Å². The van der Waals surface area contributed by atoms with Crippen LogP contribution in [-0.2, 0) is 23.7 Å². The van der Waals surface area contributed by atoms with Crippen LogP contribution in [0.2, 0.25) is 0 Å². The Balaban J connectivity index is 2.17. The minimum atomic E-state index is -4.66. The number of esters is 1. The van der Waals surface area contributed by atoms with Crippen molar-refractivity contribution in [1.82, 2.24) is 0 Å². The lowest BCUT2D eigenvalue weighted by Gasteiger charge is -2.21. The number of carbonyl (C=O) groups excluding carboxylic acids is 3. The Morgan fingerprint density at radius 2 is 1.73 bits per heavy atom. The van der Waals surface area contributed by atoms with Crippen LogP contribution >= 0.6 is 7.60 Å². The van der Waals surface area contributed by atoms with Gasteiger partial charge in [0.2, 0.25) is 5.85 Å². The quantitative estimate of drug-likeness (QED) is 0.353. The predicted octanol–water partition coefficient (Wildman–Crippen LogP) is 0.615. The van der Waals surface area contributed by atoms with Crippen molar-refractivity contribution in [3.05, 3.63) is 42.0 Å². The summed E-state index contributed by atoms with van der Waals surface area (Å²) in [5.41, 5.74) is 6.14. The summed E-state index contributed by atoms with van der Waals surface area (Å²) in [6, 6.07) is 6.13. The first-order valence-electron chi connectivity index (χ1n) is 7.81. The number of rotatable bonds is 7. The first-order chi connectivity index (χ1) is 12.2. The topological polar surface area (TPSA) is 147 Å². The van der Waals surface area contributed by atoms with Crippen LogP contribution in [-0.4, -0.2) is 40.0 Å². The number of nitrogens with zero attached hydrogens (tertiary/aromatic N) is 1. The fourth-order valence-electron chi connectivity index (χ4n) is 2.52. The highest BCUT2D eigenvalue weighted by molar-refractivity contribution is 7.52. The van der Waals surface area contributed by atoms with E-state index in [1.165, 1.54) is 12.1 Å². The summed E-state index contributed by atoms with van der Waals surface area (Å²) >= 11 is 0. The van der Waals surface area contributed by atoms with Crippen LogP contribution < -0.4 is 10.6 Å². The molecule has 1 aromatic carbocycles. The molecular formula is C16H19N2O7P. The Labute approximate surface area is 149 Å². The maximum atomic E-state index is 12.3. The highest BCUT2D eigenvalue weighted by Gasteiger charge is 2.34. The first kappa shape index (κ1) is 20.0. The van der Waals surface area contributed by atoms with E-state index in [9.17, 15) is 18.9 Å². The van der Waals surface area contributed by atoms with Gasteiger partial charge in [-0.05, 0) is 24.1 Å². The van der Waals surface area contributed by atoms with Crippen LogP contribution in [0.15, 0.2) is 36.4 Å². The van der Waals surface area contributed by atoms with E-state index in [0.717, 1.165) is 17.1 Å². The highest BCUT2D eigenvalue weighted by Crippen LogP contribution is 2.42. The number of hydrogen-bond acceptors (Lipinski definition) is 6. The van der Waals surface area contributed by atoms with Crippen LogP contribution in [0.1, 0.15) is 24.8 Å². The fraction of sp³-hybridized carbons (Fsp3) is 0.312. The van der Waals surface area contributed by atoms with Gasteiger partial charge in [-0.1, -0.05) is 19.1 Å². The van der Waals surface area contributed by atoms with Crippen LogP contribution in [0, 0.1) is 0 Å². The summed E-state index contributed by atoms with van der Waals surface area (Å²) in [5.74, 6) is -4.20. The van der Waals surface area contributed by atoms with Crippen molar-refractivity contribution in [2.24, 2.45) is 5.73 Å². The molecule has 1 heterocycles. The molecule has 0 spiro atoms. The number of imide groups is 1. The van der Waals surface area contributed by atoms with Crippen LogP contribution in [0.3, 0.4) is 0 Å². The average molecular weight is 382 g/mol. The second-order valence-corrected chi connectivity index (χ2v) is 7.37. The minimum Gasteiger partial charge on any atom is -0.448 e. The number of nitrogens with two attached hydrogens (primary N) is 1. The van der Waals surface area contributed by atoms with E-state index in [4.69, 9.17) is 20.3 Å². The first-order valence-corrected chi connectivity index (χ1v) is 9.49. The number of anilines is 1. The smallest absolute Gasteiger partial charge is 0.367 e. The summed E-state index contributed by atoms with van der Waals surface area (Å²) in [7, 11) is -4.66. The highest BCUT2D eigenvalue weighted by atomic mass is 31.2. The molecule has 0 aromatic heterocycles. The molecular weight excluding hydrogens is 363 g/mol. The molecule has 1 aliphatic rings. The summed E-state index contributed by atoms with van der Waals surface area (Å²) in [6.07, 6.45) is 2.65. The van der Waals surface area contributed by atoms with Gasteiger partial charge in [0.05, 0.1) is 11.6 Å². The second-order valence-electron chi connectivity index (χ2n) is 5.61. The van der Waals surface area contributed by atoms with Crippen molar-refractivity contribution in [1.29, 1.82) is 0 Å². The number of benzene rings is 1. The van der Waals surface area contributed by atoms with Gasteiger partial charge in [-0.15, -0.1) is 0 Å². The third-order valence-corrected chi connectivity index (χ3v) is 4.95. The van der Waals surface area contributed by atoms with E-state index >= 15 is 0 Å². The third kappa shape index (κ3) is 4.25. The maximum Gasteiger partial charge on any atom is 0.367 e. The Morgan fingerprint density at radius 3 is 2.15 bits per heavy atom. The zero-order valence-corrected chi connectivity index (χ0v) is 14.8. The Hall–Kier alpha value is -2.32. The summed E-state index contributed by atoms with van der Waals surface area (Å²) in [6.45, 7) is 1.21. The molecule has 2 atom stereocenters. The van der Waals surface area contributed by atoms with Gasteiger partial charge in [-0.25, -0.2) is 4.90 Å². The summed E-state index contributed by atoms with van der Waals surface area (Å²) in [5, 5.41) is 0. The van der Waals surface area contributed by atoms with Gasteiger partial charge in [-0.3, -0.25) is 18.9 Å². The molecule has 0 fully saturated rings. The molecule has 4 N–H and O–H groups in total. The third-order valence-electron chi connectivity index (χ3n) is 3.88. The lowest BCUT2D eigenvalue weighted by Crippen LogP contribution is -2.30. The van der Waals surface area contributed by atoms with Crippen molar-refractivity contribution < 1.29 is 33.5 Å².